The first-order chi connectivity index (χ1) is 14.1. The van der Waals surface area contributed by atoms with Crippen LogP contribution in [0.25, 0.3) is 0 Å². The summed E-state index contributed by atoms with van der Waals surface area (Å²) in [5, 5.41) is 14.2. The van der Waals surface area contributed by atoms with Crippen LogP contribution in [0.1, 0.15) is 50.8 Å². The third kappa shape index (κ3) is 7.23. The topological polar surface area (TPSA) is 74.2 Å². The Hall–Kier alpha value is -2.86. The summed E-state index contributed by atoms with van der Waals surface area (Å²) in [7, 11) is 0. The molecule has 0 aliphatic carbocycles. The largest absolute Gasteiger partial charge is 0.494 e. The molecule has 0 heterocycles. The van der Waals surface area contributed by atoms with Crippen molar-refractivity contribution in [1.29, 1.82) is 0 Å². The molecule has 1 amide bonds. The van der Waals surface area contributed by atoms with Gasteiger partial charge in [-0.25, -0.2) is 5.43 Å². The molecule has 2 aromatic rings. The number of nitrogens with one attached hydrogen (secondary N) is 1. The summed E-state index contributed by atoms with van der Waals surface area (Å²) < 4.78 is 5.39. The Kier molecular flexibility index (Phi) is 9.18. The van der Waals surface area contributed by atoms with E-state index in [9.17, 15) is 9.90 Å². The van der Waals surface area contributed by atoms with Gasteiger partial charge in [0, 0.05) is 25.2 Å². The summed E-state index contributed by atoms with van der Waals surface area (Å²) in [6.07, 6.45) is 1.43. The van der Waals surface area contributed by atoms with Gasteiger partial charge in [0.05, 0.1) is 18.9 Å². The molecule has 6 heteroatoms. The number of carbonyl (C=O) groups is 1. The number of hydrogen-bond donors (Lipinski definition) is 2. The third-order valence-corrected chi connectivity index (χ3v) is 4.65. The minimum atomic E-state index is -0.701. The number of carbonyl (C=O) groups excluding carboxylic acids is 1. The average Bonchev–Trinajstić information content (AvgIpc) is 2.75. The molecule has 0 aromatic heterocycles. The highest BCUT2D eigenvalue weighted by Gasteiger charge is 2.10. The van der Waals surface area contributed by atoms with Gasteiger partial charge >= 0.3 is 0 Å². The molecule has 0 fully saturated rings. The van der Waals surface area contributed by atoms with Crippen LogP contribution in [-0.2, 0) is 4.79 Å². The highest BCUT2D eigenvalue weighted by molar-refractivity contribution is 5.82. The van der Waals surface area contributed by atoms with E-state index in [0.717, 1.165) is 30.0 Å². The van der Waals surface area contributed by atoms with Crippen LogP contribution < -0.4 is 15.1 Å². The van der Waals surface area contributed by atoms with Crippen molar-refractivity contribution in [3.8, 4) is 5.75 Å². The van der Waals surface area contributed by atoms with Crippen molar-refractivity contribution in [3.63, 3.8) is 0 Å². The van der Waals surface area contributed by atoms with Crippen molar-refractivity contribution in [1.82, 2.24) is 5.43 Å². The van der Waals surface area contributed by atoms with Crippen LogP contribution in [0, 0.1) is 0 Å². The fourth-order valence-corrected chi connectivity index (χ4v) is 2.98. The molecular formula is C23H31N3O3. The lowest BCUT2D eigenvalue weighted by molar-refractivity contribution is -0.121. The van der Waals surface area contributed by atoms with Crippen LogP contribution in [0.15, 0.2) is 53.6 Å². The molecule has 0 spiro atoms. The van der Waals surface area contributed by atoms with Crippen LogP contribution in [0.5, 0.6) is 5.75 Å². The quantitative estimate of drug-likeness (QED) is 0.446. The van der Waals surface area contributed by atoms with Crippen LogP contribution >= 0.6 is 0 Å². The summed E-state index contributed by atoms with van der Waals surface area (Å²) in [6.45, 7) is 8.70. The number of hydrazone groups is 1. The smallest absolute Gasteiger partial charge is 0.240 e. The lowest BCUT2D eigenvalue weighted by Gasteiger charge is -2.20. The van der Waals surface area contributed by atoms with Crippen molar-refractivity contribution in [2.24, 2.45) is 5.10 Å². The summed E-state index contributed by atoms with van der Waals surface area (Å²) in [5.41, 5.74) is 5.35. The Morgan fingerprint density at radius 3 is 2.34 bits per heavy atom. The fraction of sp³-hybridized carbons (Fsp3) is 0.391. The zero-order valence-corrected chi connectivity index (χ0v) is 17.5. The van der Waals surface area contributed by atoms with Gasteiger partial charge in [-0.2, -0.15) is 5.10 Å². The Bertz CT molecular complexity index is 769. The second-order valence-electron chi connectivity index (χ2n) is 6.61. The Labute approximate surface area is 173 Å². The molecule has 156 valence electrons. The predicted octanol–water partition coefficient (Wildman–Crippen LogP) is 3.90. The lowest BCUT2D eigenvalue weighted by Crippen LogP contribution is -2.21. The van der Waals surface area contributed by atoms with Gasteiger partial charge in [0.1, 0.15) is 5.75 Å². The normalized spacial score (nSPS) is 12.0. The molecule has 1 unspecified atom stereocenters. The SMILES string of the molecule is CCOc1ccc(C(O)CCC(=O)N/N=C\c2ccc(N(CC)CC)cc2)cc1. The van der Waals surface area contributed by atoms with Gasteiger partial charge in [0.15, 0.2) is 0 Å². The molecule has 0 aliphatic rings. The minimum absolute atomic E-state index is 0.187. The summed E-state index contributed by atoms with van der Waals surface area (Å²) in [5.74, 6) is 0.534. The molecule has 0 aliphatic heterocycles. The van der Waals surface area contributed by atoms with Crippen LogP contribution in [0.2, 0.25) is 0 Å². The molecule has 0 saturated heterocycles. The number of ether oxygens (including phenoxy) is 1. The number of amides is 1. The number of nitrogens with zero attached hydrogens (tertiary/aromatic N) is 2. The number of hydrogen-bond acceptors (Lipinski definition) is 5. The number of aliphatic hydroxyl groups excluding tert-OH is 1. The van der Waals surface area contributed by atoms with E-state index in [1.54, 1.807) is 6.21 Å². The van der Waals surface area contributed by atoms with Crippen molar-refractivity contribution in [2.45, 2.75) is 39.7 Å². The van der Waals surface area contributed by atoms with E-state index in [4.69, 9.17) is 4.74 Å². The van der Waals surface area contributed by atoms with Gasteiger partial charge in [-0.3, -0.25) is 4.79 Å². The van der Waals surface area contributed by atoms with Crippen molar-refractivity contribution in [2.75, 3.05) is 24.6 Å². The third-order valence-electron chi connectivity index (χ3n) is 4.65. The lowest BCUT2D eigenvalue weighted by atomic mass is 10.0. The van der Waals surface area contributed by atoms with Crippen molar-refractivity contribution >= 4 is 17.8 Å². The minimum Gasteiger partial charge on any atom is -0.494 e. The van der Waals surface area contributed by atoms with Crippen LogP contribution in [0.3, 0.4) is 0 Å². The second kappa shape index (κ2) is 11.9. The van der Waals surface area contributed by atoms with E-state index in [2.05, 4.69) is 29.3 Å². The first-order valence-electron chi connectivity index (χ1n) is 10.1. The zero-order chi connectivity index (χ0) is 21.1. The van der Waals surface area contributed by atoms with Gasteiger partial charge in [0.2, 0.25) is 5.91 Å². The fourth-order valence-electron chi connectivity index (χ4n) is 2.98. The maximum atomic E-state index is 12.0. The average molecular weight is 398 g/mol. The van der Waals surface area contributed by atoms with Crippen LogP contribution in [0.4, 0.5) is 5.69 Å². The second-order valence-corrected chi connectivity index (χ2v) is 6.61. The molecule has 0 radical (unpaired) electrons. The number of rotatable bonds is 11. The van der Waals surface area contributed by atoms with Crippen LogP contribution in [-0.4, -0.2) is 36.9 Å². The van der Waals surface area contributed by atoms with Gasteiger partial charge in [-0.1, -0.05) is 24.3 Å². The van der Waals surface area contributed by atoms with Gasteiger partial charge in [0.25, 0.3) is 0 Å². The number of anilines is 1. The van der Waals surface area contributed by atoms with E-state index < -0.39 is 6.10 Å². The molecule has 1 atom stereocenters. The molecule has 0 saturated carbocycles. The monoisotopic (exact) mass is 397 g/mol. The summed E-state index contributed by atoms with van der Waals surface area (Å²) in [4.78, 5) is 14.2. The predicted molar refractivity (Wildman–Crippen MR) is 118 cm³/mol. The summed E-state index contributed by atoms with van der Waals surface area (Å²) in [6, 6.07) is 15.3. The zero-order valence-electron chi connectivity index (χ0n) is 17.5. The highest BCUT2D eigenvalue weighted by atomic mass is 16.5. The molecule has 2 rings (SSSR count). The Morgan fingerprint density at radius 1 is 1.10 bits per heavy atom. The highest BCUT2D eigenvalue weighted by Crippen LogP contribution is 2.21. The van der Waals surface area contributed by atoms with E-state index in [-0.39, 0.29) is 12.3 Å². The number of aliphatic hydroxyl groups is 1. The van der Waals surface area contributed by atoms with Gasteiger partial charge < -0.3 is 14.7 Å². The number of benzene rings is 2. The Balaban J connectivity index is 1.77. The Morgan fingerprint density at radius 2 is 1.76 bits per heavy atom. The molecule has 0 bridgehead atoms. The molecule has 6 nitrogen and oxygen atoms in total. The molecule has 29 heavy (non-hydrogen) atoms. The standard InChI is InChI=1S/C23H31N3O3/c1-4-26(5-2)20-11-7-18(8-12-20)17-24-25-23(28)16-15-22(27)19-9-13-21(14-10-19)29-6-3/h7-14,17,22,27H,4-6,15-16H2,1-3H3,(H,25,28)/b24-17-. The maximum Gasteiger partial charge on any atom is 0.240 e. The van der Waals surface area contributed by atoms with Crippen molar-refractivity contribution in [3.05, 3.63) is 59.7 Å². The maximum absolute atomic E-state index is 12.0. The van der Waals surface area contributed by atoms with Crippen molar-refractivity contribution < 1.29 is 14.6 Å². The first-order valence-corrected chi connectivity index (χ1v) is 10.1. The summed E-state index contributed by atoms with van der Waals surface area (Å²) >= 11 is 0. The van der Waals surface area contributed by atoms with Gasteiger partial charge in [-0.15, -0.1) is 0 Å². The van der Waals surface area contributed by atoms with Gasteiger partial charge in [-0.05, 0) is 62.6 Å². The molecule has 2 aromatic carbocycles. The van der Waals surface area contributed by atoms with E-state index >= 15 is 0 Å². The van der Waals surface area contributed by atoms with E-state index in [1.807, 2.05) is 55.5 Å². The van der Waals surface area contributed by atoms with E-state index in [1.165, 1.54) is 5.69 Å². The molecule has 2 N–H and O–H groups in total. The molecular weight excluding hydrogens is 366 g/mol. The first kappa shape index (κ1) is 22.4. The van der Waals surface area contributed by atoms with E-state index in [0.29, 0.717) is 13.0 Å².